The number of aromatic hydroxyl groups is 1. The Morgan fingerprint density at radius 3 is 2.58 bits per heavy atom. The van der Waals surface area contributed by atoms with Crippen LogP contribution in [0.15, 0.2) is 48.5 Å². The van der Waals surface area contributed by atoms with E-state index in [0.717, 1.165) is 12.1 Å². The second-order valence-corrected chi connectivity index (χ2v) is 5.17. The molecule has 0 saturated carbocycles. The highest BCUT2D eigenvalue weighted by molar-refractivity contribution is 5.78. The number of para-hydroxylation sites is 2. The summed E-state index contributed by atoms with van der Waals surface area (Å²) >= 11 is 0. The number of carbonyl (C=O) groups is 1. The molecule has 0 aliphatic rings. The number of amides is 1. The maximum atomic E-state index is 12.7. The minimum Gasteiger partial charge on any atom is -0.504 e. The molecule has 0 aliphatic heterocycles. The zero-order chi connectivity index (χ0) is 17.7. The van der Waals surface area contributed by atoms with Crippen LogP contribution in [0.1, 0.15) is 24.1 Å². The molecule has 4 nitrogen and oxygen atoms in total. The lowest BCUT2D eigenvalue weighted by Gasteiger charge is -2.16. The lowest BCUT2D eigenvalue weighted by atomic mass is 10.0. The summed E-state index contributed by atoms with van der Waals surface area (Å²) in [4.78, 5) is 11.9. The molecule has 0 spiro atoms. The molecule has 0 aliphatic carbocycles. The van der Waals surface area contributed by atoms with Gasteiger partial charge >= 0.3 is 6.18 Å². The van der Waals surface area contributed by atoms with E-state index in [1.807, 2.05) is 0 Å². The Kier molecular flexibility index (Phi) is 5.33. The van der Waals surface area contributed by atoms with Gasteiger partial charge < -0.3 is 15.2 Å². The van der Waals surface area contributed by atoms with Gasteiger partial charge in [-0.3, -0.25) is 4.79 Å². The summed E-state index contributed by atoms with van der Waals surface area (Å²) in [6.07, 6.45) is -4.44. The van der Waals surface area contributed by atoms with E-state index in [2.05, 4.69) is 5.32 Å². The first-order valence-electron chi connectivity index (χ1n) is 7.14. The first-order chi connectivity index (χ1) is 11.3. The maximum Gasteiger partial charge on any atom is 0.416 e. The number of ether oxygens (including phenoxy) is 1. The minimum atomic E-state index is -4.44. The molecule has 1 unspecified atom stereocenters. The van der Waals surface area contributed by atoms with Crippen molar-refractivity contribution in [1.29, 1.82) is 0 Å². The number of phenolic OH excluding ortho intramolecular Hbond substituents is 1. The van der Waals surface area contributed by atoms with Gasteiger partial charge in [-0.05, 0) is 36.8 Å². The van der Waals surface area contributed by atoms with Gasteiger partial charge in [0.1, 0.15) is 0 Å². The van der Waals surface area contributed by atoms with Gasteiger partial charge in [0.05, 0.1) is 11.6 Å². The fraction of sp³-hybridized carbons (Fsp3) is 0.235. The molecule has 2 rings (SSSR count). The summed E-state index contributed by atoms with van der Waals surface area (Å²) in [5, 5.41) is 12.1. The van der Waals surface area contributed by atoms with Crippen LogP contribution in [0.5, 0.6) is 11.5 Å². The number of rotatable bonds is 5. The van der Waals surface area contributed by atoms with Crippen molar-refractivity contribution in [2.45, 2.75) is 19.1 Å². The highest BCUT2D eigenvalue weighted by Gasteiger charge is 2.30. The van der Waals surface area contributed by atoms with E-state index < -0.39 is 23.7 Å². The molecular formula is C17H16F3NO3. The smallest absolute Gasteiger partial charge is 0.416 e. The van der Waals surface area contributed by atoms with E-state index in [9.17, 15) is 23.1 Å². The summed E-state index contributed by atoms with van der Waals surface area (Å²) in [6.45, 7) is 1.22. The molecule has 0 saturated heterocycles. The third-order valence-corrected chi connectivity index (χ3v) is 3.32. The summed E-state index contributed by atoms with van der Waals surface area (Å²) in [7, 11) is 0. The van der Waals surface area contributed by atoms with Crippen molar-refractivity contribution < 1.29 is 27.8 Å². The number of phenols is 1. The molecule has 1 amide bonds. The van der Waals surface area contributed by atoms with E-state index in [1.54, 1.807) is 19.1 Å². The fourth-order valence-corrected chi connectivity index (χ4v) is 2.07. The molecule has 0 fully saturated rings. The Morgan fingerprint density at radius 1 is 1.21 bits per heavy atom. The van der Waals surface area contributed by atoms with Crippen LogP contribution in [0.3, 0.4) is 0 Å². The molecule has 2 aromatic carbocycles. The molecule has 1 atom stereocenters. The first kappa shape index (κ1) is 17.7. The average Bonchev–Trinajstić information content (AvgIpc) is 2.53. The van der Waals surface area contributed by atoms with Gasteiger partial charge in [-0.25, -0.2) is 0 Å². The highest BCUT2D eigenvalue weighted by Crippen LogP contribution is 2.30. The number of hydrogen-bond acceptors (Lipinski definition) is 3. The predicted octanol–water partition coefficient (Wildman–Crippen LogP) is 3.67. The quantitative estimate of drug-likeness (QED) is 0.874. The summed E-state index contributed by atoms with van der Waals surface area (Å²) < 4.78 is 43.3. The van der Waals surface area contributed by atoms with Gasteiger partial charge in [0, 0.05) is 0 Å². The summed E-state index contributed by atoms with van der Waals surface area (Å²) in [5.74, 6) is -0.459. The number of hydrogen-bond donors (Lipinski definition) is 2. The van der Waals surface area contributed by atoms with Crippen LogP contribution in [0.2, 0.25) is 0 Å². The Hall–Kier alpha value is -2.70. The Balaban J connectivity index is 1.95. The predicted molar refractivity (Wildman–Crippen MR) is 81.6 cm³/mol. The SMILES string of the molecule is CC(NC(=O)COc1ccccc1O)c1cccc(C(F)(F)F)c1. The third-order valence-electron chi connectivity index (χ3n) is 3.32. The number of alkyl halides is 3. The lowest BCUT2D eigenvalue weighted by molar-refractivity contribution is -0.137. The lowest BCUT2D eigenvalue weighted by Crippen LogP contribution is -2.31. The number of nitrogens with one attached hydrogen (secondary N) is 1. The Morgan fingerprint density at radius 2 is 1.92 bits per heavy atom. The first-order valence-corrected chi connectivity index (χ1v) is 7.14. The summed E-state index contributed by atoms with van der Waals surface area (Å²) in [5.41, 5.74) is -0.438. The van der Waals surface area contributed by atoms with Gasteiger partial charge in [0.15, 0.2) is 18.1 Å². The number of carbonyl (C=O) groups excluding carboxylic acids is 1. The molecule has 7 heteroatoms. The number of benzene rings is 2. The van der Waals surface area contributed by atoms with Crippen LogP contribution in [0.25, 0.3) is 0 Å². The van der Waals surface area contributed by atoms with Gasteiger partial charge in [0.25, 0.3) is 5.91 Å². The van der Waals surface area contributed by atoms with Crippen molar-refractivity contribution in [1.82, 2.24) is 5.32 Å². The van der Waals surface area contributed by atoms with Gasteiger partial charge in [-0.2, -0.15) is 13.2 Å². The van der Waals surface area contributed by atoms with Crippen molar-refractivity contribution in [3.05, 3.63) is 59.7 Å². The maximum absolute atomic E-state index is 12.7. The molecule has 0 heterocycles. The molecule has 2 N–H and O–H groups in total. The average molecular weight is 339 g/mol. The van der Waals surface area contributed by atoms with Crippen LogP contribution in [0, 0.1) is 0 Å². The molecule has 0 radical (unpaired) electrons. The normalized spacial score (nSPS) is 12.5. The van der Waals surface area contributed by atoms with E-state index in [-0.39, 0.29) is 18.1 Å². The van der Waals surface area contributed by atoms with Crippen molar-refractivity contribution in [3.63, 3.8) is 0 Å². The van der Waals surface area contributed by atoms with Crippen molar-refractivity contribution in [2.24, 2.45) is 0 Å². The van der Waals surface area contributed by atoms with E-state index in [0.29, 0.717) is 5.56 Å². The summed E-state index contributed by atoms with van der Waals surface area (Å²) in [6, 6.07) is 10.3. The van der Waals surface area contributed by atoms with Crippen LogP contribution < -0.4 is 10.1 Å². The topological polar surface area (TPSA) is 58.6 Å². The van der Waals surface area contributed by atoms with E-state index in [4.69, 9.17) is 4.74 Å². The minimum absolute atomic E-state index is 0.101. The molecule has 0 bridgehead atoms. The third kappa shape index (κ3) is 4.65. The zero-order valence-electron chi connectivity index (χ0n) is 12.8. The highest BCUT2D eigenvalue weighted by atomic mass is 19.4. The van der Waals surface area contributed by atoms with E-state index in [1.165, 1.54) is 24.3 Å². The van der Waals surface area contributed by atoms with Crippen LogP contribution in [-0.2, 0) is 11.0 Å². The molecule has 24 heavy (non-hydrogen) atoms. The van der Waals surface area contributed by atoms with Gasteiger partial charge in [-0.15, -0.1) is 0 Å². The van der Waals surface area contributed by atoms with Crippen molar-refractivity contribution in [3.8, 4) is 11.5 Å². The molecule has 128 valence electrons. The second kappa shape index (κ2) is 7.25. The Labute approximate surface area is 136 Å². The van der Waals surface area contributed by atoms with Crippen LogP contribution >= 0.6 is 0 Å². The second-order valence-electron chi connectivity index (χ2n) is 5.17. The zero-order valence-corrected chi connectivity index (χ0v) is 12.8. The molecule has 0 aromatic heterocycles. The van der Waals surface area contributed by atoms with Crippen LogP contribution in [0.4, 0.5) is 13.2 Å². The standard InChI is InChI=1S/C17H16F3NO3/c1-11(12-5-4-6-13(9-12)17(18,19)20)21-16(23)10-24-15-8-3-2-7-14(15)22/h2-9,11,22H,10H2,1H3,(H,21,23). The van der Waals surface area contributed by atoms with Gasteiger partial charge in [0.2, 0.25) is 0 Å². The fourth-order valence-electron chi connectivity index (χ4n) is 2.07. The van der Waals surface area contributed by atoms with Crippen molar-refractivity contribution in [2.75, 3.05) is 6.61 Å². The largest absolute Gasteiger partial charge is 0.504 e. The molecule has 2 aromatic rings. The molecular weight excluding hydrogens is 323 g/mol. The van der Waals surface area contributed by atoms with Gasteiger partial charge in [-0.1, -0.05) is 24.3 Å². The van der Waals surface area contributed by atoms with Crippen LogP contribution in [-0.4, -0.2) is 17.6 Å². The Bertz CT molecular complexity index is 716. The monoisotopic (exact) mass is 339 g/mol. The number of halogens is 3. The van der Waals surface area contributed by atoms with E-state index >= 15 is 0 Å². The van der Waals surface area contributed by atoms with Crippen molar-refractivity contribution >= 4 is 5.91 Å².